The largest absolute Gasteiger partial charge is 0.391 e. The van der Waals surface area contributed by atoms with Gasteiger partial charge in [0.15, 0.2) is 0 Å². The van der Waals surface area contributed by atoms with Crippen LogP contribution in [0.3, 0.4) is 0 Å². The van der Waals surface area contributed by atoms with E-state index in [2.05, 4.69) is 14.8 Å². The van der Waals surface area contributed by atoms with Gasteiger partial charge in [-0.05, 0) is 45.7 Å². The Hall–Kier alpha value is -3.35. The van der Waals surface area contributed by atoms with Crippen LogP contribution >= 0.6 is 0 Å². The van der Waals surface area contributed by atoms with Gasteiger partial charge in [0, 0.05) is 23.9 Å². The summed E-state index contributed by atoms with van der Waals surface area (Å²) in [5, 5.41) is 4.28. The molecule has 0 radical (unpaired) electrons. The fourth-order valence-corrected chi connectivity index (χ4v) is 5.05. The van der Waals surface area contributed by atoms with Crippen LogP contribution in [0, 0.1) is 26.7 Å². The molecule has 2 aromatic heterocycles. The van der Waals surface area contributed by atoms with Gasteiger partial charge in [0.25, 0.3) is 11.5 Å². The first kappa shape index (κ1) is 25.7. The van der Waals surface area contributed by atoms with E-state index in [9.17, 15) is 31.2 Å². The number of halogens is 3. The molecule has 3 heterocycles. The molecular weight excluding hydrogens is 499 g/mol. The molecule has 4 rings (SSSR count). The van der Waals surface area contributed by atoms with Crippen LogP contribution in [0.5, 0.6) is 0 Å². The van der Waals surface area contributed by atoms with Crippen molar-refractivity contribution in [3.8, 4) is 0 Å². The maximum Gasteiger partial charge on any atom is 0.391 e. The highest BCUT2D eigenvalue weighted by atomic mass is 32.2. The molecule has 0 aliphatic carbocycles. The molecule has 1 fully saturated rings. The normalized spacial score (nSPS) is 19.0. The lowest BCUT2D eigenvalue weighted by Crippen LogP contribution is -2.44. The number of likely N-dealkylation sites (tertiary alicyclic amines) is 1. The van der Waals surface area contributed by atoms with Crippen molar-refractivity contribution in [2.24, 2.45) is 5.92 Å². The van der Waals surface area contributed by atoms with Crippen molar-refractivity contribution in [2.75, 3.05) is 17.5 Å². The monoisotopic (exact) mass is 525 g/mol. The topological polar surface area (TPSA) is 117 Å². The number of rotatable bonds is 4. The zero-order chi connectivity index (χ0) is 26.6. The average molecular weight is 526 g/mol. The van der Waals surface area contributed by atoms with Gasteiger partial charge in [-0.25, -0.2) is 8.42 Å². The van der Waals surface area contributed by atoms with E-state index >= 15 is 0 Å². The lowest BCUT2D eigenvalue weighted by atomic mass is 9.88. The number of benzene rings is 1. The van der Waals surface area contributed by atoms with E-state index < -0.39 is 46.0 Å². The van der Waals surface area contributed by atoms with Crippen molar-refractivity contribution in [2.45, 2.75) is 45.8 Å². The number of alkyl halides is 3. The summed E-state index contributed by atoms with van der Waals surface area (Å²) in [6, 6.07) is 4.94. The van der Waals surface area contributed by atoms with Crippen LogP contribution in [0.25, 0.3) is 5.65 Å². The van der Waals surface area contributed by atoms with E-state index in [4.69, 9.17) is 0 Å². The number of sulfonamides is 1. The maximum absolute atomic E-state index is 13.7. The summed E-state index contributed by atoms with van der Waals surface area (Å²) in [6.07, 6.45) is -4.28. The number of amides is 1. The molecule has 1 aromatic carbocycles. The molecule has 0 spiro atoms. The first-order valence-electron chi connectivity index (χ1n) is 11.2. The third-order valence-corrected chi connectivity index (χ3v) is 7.08. The van der Waals surface area contributed by atoms with E-state index in [1.165, 1.54) is 23.1 Å². The molecule has 2 N–H and O–H groups in total. The van der Waals surface area contributed by atoms with Gasteiger partial charge in [-0.1, -0.05) is 11.6 Å². The number of piperidine rings is 1. The van der Waals surface area contributed by atoms with Gasteiger partial charge in [0.2, 0.25) is 10.0 Å². The Kier molecular flexibility index (Phi) is 6.40. The molecule has 1 amide bonds. The fourth-order valence-electron chi connectivity index (χ4n) is 4.48. The molecule has 36 heavy (non-hydrogen) atoms. The third kappa shape index (κ3) is 4.97. The third-order valence-electron chi connectivity index (χ3n) is 6.49. The minimum absolute atomic E-state index is 0.0161. The lowest BCUT2D eigenvalue weighted by Gasteiger charge is -2.39. The average Bonchev–Trinajstić information content (AvgIpc) is 3.20. The van der Waals surface area contributed by atoms with Crippen molar-refractivity contribution in [1.29, 1.82) is 0 Å². The van der Waals surface area contributed by atoms with Gasteiger partial charge >= 0.3 is 6.18 Å². The standard InChI is InChI=1S/C23H26F3N5O4S/c1-12-5-6-17(29-36(4,34)35)16(9-12)22(33)30-8-7-15(23(24,25)26)10-19(30)18-11-20-27-14(3)13(2)21(32)31(20)28-18/h5-6,9,11,15,19,27,29H,7-8,10H2,1-4H3/t15-,19+/m0/s1. The molecule has 194 valence electrons. The highest BCUT2D eigenvalue weighted by Crippen LogP contribution is 2.42. The summed E-state index contributed by atoms with van der Waals surface area (Å²) in [7, 11) is -3.72. The first-order chi connectivity index (χ1) is 16.7. The first-order valence-corrected chi connectivity index (χ1v) is 13.1. The highest BCUT2D eigenvalue weighted by Gasteiger charge is 2.46. The number of aryl methyl sites for hydroxylation is 2. The molecule has 1 aliphatic heterocycles. The predicted octanol–water partition coefficient (Wildman–Crippen LogP) is 3.48. The lowest BCUT2D eigenvalue weighted by molar-refractivity contribution is -0.188. The number of hydrogen-bond acceptors (Lipinski definition) is 5. The number of carbonyl (C=O) groups excluding carboxylic acids is 1. The van der Waals surface area contributed by atoms with E-state index in [1.807, 2.05) is 0 Å². The van der Waals surface area contributed by atoms with Gasteiger partial charge in [0.05, 0.1) is 35.2 Å². The Morgan fingerprint density at radius 1 is 1.19 bits per heavy atom. The van der Waals surface area contributed by atoms with Gasteiger partial charge in [0.1, 0.15) is 5.65 Å². The number of hydrogen-bond donors (Lipinski definition) is 2. The summed E-state index contributed by atoms with van der Waals surface area (Å²) in [5.41, 5.74) is 1.76. The molecule has 2 atom stereocenters. The number of anilines is 1. The van der Waals surface area contributed by atoms with Crippen molar-refractivity contribution in [3.63, 3.8) is 0 Å². The summed E-state index contributed by atoms with van der Waals surface area (Å²) >= 11 is 0. The van der Waals surface area contributed by atoms with Crippen molar-refractivity contribution in [3.05, 3.63) is 62.7 Å². The summed E-state index contributed by atoms with van der Waals surface area (Å²) in [5.74, 6) is -2.30. The van der Waals surface area contributed by atoms with Gasteiger partial charge in [-0.3, -0.25) is 14.3 Å². The van der Waals surface area contributed by atoms with Gasteiger partial charge in [-0.2, -0.15) is 22.8 Å². The zero-order valence-corrected chi connectivity index (χ0v) is 20.9. The Morgan fingerprint density at radius 2 is 1.89 bits per heavy atom. The summed E-state index contributed by atoms with van der Waals surface area (Å²) < 4.78 is 68.2. The van der Waals surface area contributed by atoms with Crippen molar-refractivity contribution in [1.82, 2.24) is 19.5 Å². The molecule has 9 nitrogen and oxygen atoms in total. The number of aromatic nitrogens is 3. The van der Waals surface area contributed by atoms with Gasteiger partial charge in [-0.15, -0.1) is 0 Å². The highest BCUT2D eigenvalue weighted by molar-refractivity contribution is 7.92. The van der Waals surface area contributed by atoms with Crippen molar-refractivity contribution >= 4 is 27.3 Å². The molecule has 1 aliphatic rings. The van der Waals surface area contributed by atoms with E-state index in [-0.39, 0.29) is 29.9 Å². The summed E-state index contributed by atoms with van der Waals surface area (Å²) in [6.45, 7) is 4.80. The molecule has 13 heteroatoms. The Balaban J connectivity index is 1.82. The van der Waals surface area contributed by atoms with Crippen molar-refractivity contribution < 1.29 is 26.4 Å². The Bertz CT molecular complexity index is 1510. The van der Waals surface area contributed by atoms with Gasteiger partial charge < -0.3 is 9.88 Å². The minimum Gasteiger partial charge on any atom is -0.343 e. The number of H-pyrrole nitrogens is 1. The molecule has 0 bridgehead atoms. The number of aromatic amines is 1. The SMILES string of the molecule is Cc1ccc(NS(C)(=O)=O)c(C(=O)N2CC[C@H](C(F)(F)F)C[C@@H]2c2cc3[nH]c(C)c(C)c(=O)n3n2)c1. The smallest absolute Gasteiger partial charge is 0.343 e. The minimum atomic E-state index is -4.47. The van der Waals surface area contributed by atoms with Crippen LogP contribution in [0.4, 0.5) is 18.9 Å². The van der Waals surface area contributed by atoms with Crippen LogP contribution in [0.2, 0.25) is 0 Å². The second kappa shape index (κ2) is 8.95. The number of nitrogens with zero attached hydrogens (tertiary/aromatic N) is 3. The summed E-state index contributed by atoms with van der Waals surface area (Å²) in [4.78, 5) is 30.7. The molecule has 3 aromatic rings. The van der Waals surface area contributed by atoms with E-state index in [0.717, 1.165) is 10.8 Å². The zero-order valence-electron chi connectivity index (χ0n) is 20.1. The number of fused-ring (bicyclic) bond motifs is 1. The van der Waals surface area contributed by atoms with Crippen LogP contribution in [-0.4, -0.2) is 52.8 Å². The molecule has 0 unspecified atom stereocenters. The van der Waals surface area contributed by atoms with Crippen LogP contribution in [0.15, 0.2) is 29.1 Å². The maximum atomic E-state index is 13.7. The Morgan fingerprint density at radius 3 is 2.53 bits per heavy atom. The second-order valence-electron chi connectivity index (χ2n) is 9.25. The van der Waals surface area contributed by atoms with Crippen LogP contribution in [0.1, 0.15) is 51.8 Å². The number of nitrogens with one attached hydrogen (secondary N) is 2. The molecular formula is C23H26F3N5O4S. The fraction of sp³-hybridized carbons (Fsp3) is 0.435. The van der Waals surface area contributed by atoms with E-state index in [1.54, 1.807) is 26.8 Å². The molecule has 0 saturated carbocycles. The molecule has 1 saturated heterocycles. The number of carbonyl (C=O) groups is 1. The van der Waals surface area contributed by atoms with Crippen LogP contribution < -0.4 is 10.3 Å². The Labute approximate surface area is 205 Å². The quantitative estimate of drug-likeness (QED) is 0.541. The van der Waals surface area contributed by atoms with E-state index in [0.29, 0.717) is 22.5 Å². The second-order valence-corrected chi connectivity index (χ2v) is 11.0. The predicted molar refractivity (Wildman–Crippen MR) is 127 cm³/mol. The van der Waals surface area contributed by atoms with Crippen LogP contribution in [-0.2, 0) is 10.0 Å².